The minimum atomic E-state index is 0.635. The molecule has 1 heterocycles. The molecule has 2 rings (SSSR count). The molecule has 1 aromatic rings. The van der Waals surface area contributed by atoms with Gasteiger partial charge in [0.15, 0.2) is 0 Å². The fourth-order valence-corrected chi connectivity index (χ4v) is 1.65. The molecule has 0 aliphatic heterocycles. The van der Waals surface area contributed by atoms with Gasteiger partial charge in [0.1, 0.15) is 0 Å². The predicted molar refractivity (Wildman–Crippen MR) is 58.0 cm³/mol. The van der Waals surface area contributed by atoms with Crippen LogP contribution in [0.4, 0.5) is 0 Å². The van der Waals surface area contributed by atoms with E-state index in [1.165, 1.54) is 18.4 Å². The molecule has 2 nitrogen and oxygen atoms in total. The van der Waals surface area contributed by atoms with E-state index in [0.717, 1.165) is 12.2 Å². The van der Waals surface area contributed by atoms with Crippen molar-refractivity contribution in [3.05, 3.63) is 41.7 Å². The van der Waals surface area contributed by atoms with Gasteiger partial charge in [0, 0.05) is 24.5 Å². The van der Waals surface area contributed by atoms with Crippen LogP contribution in [-0.2, 0) is 6.54 Å². The van der Waals surface area contributed by atoms with E-state index >= 15 is 0 Å². The Kier molecular flexibility index (Phi) is 2.94. The second kappa shape index (κ2) is 4.38. The van der Waals surface area contributed by atoms with E-state index in [4.69, 9.17) is 0 Å². The topological polar surface area (TPSA) is 24.9 Å². The summed E-state index contributed by atoms with van der Waals surface area (Å²) in [4.78, 5) is 4.27. The molecule has 0 saturated heterocycles. The molecule has 0 aromatic carbocycles. The maximum atomic E-state index is 4.27. The summed E-state index contributed by atoms with van der Waals surface area (Å²) in [6.45, 7) is 2.94. The van der Waals surface area contributed by atoms with Gasteiger partial charge in [0.05, 0.1) is 0 Å². The third-order valence-corrected chi connectivity index (χ3v) is 2.58. The van der Waals surface area contributed by atoms with Gasteiger partial charge in [-0.05, 0) is 31.4 Å². The summed E-state index contributed by atoms with van der Waals surface area (Å²) in [6, 6.07) is 4.83. The Labute approximate surface area is 85.1 Å². The SMILES string of the molecule is Cc1ccc(CNC2CC=CC2)cn1. The number of hydrogen-bond donors (Lipinski definition) is 1. The predicted octanol–water partition coefficient (Wildman–Crippen LogP) is 2.20. The van der Waals surface area contributed by atoms with Crippen molar-refractivity contribution in [3.63, 3.8) is 0 Å². The highest BCUT2D eigenvalue weighted by Crippen LogP contribution is 2.10. The molecule has 0 spiro atoms. The largest absolute Gasteiger partial charge is 0.309 e. The number of aromatic nitrogens is 1. The lowest BCUT2D eigenvalue weighted by molar-refractivity contribution is 0.538. The van der Waals surface area contributed by atoms with E-state index in [0.29, 0.717) is 6.04 Å². The first-order valence-corrected chi connectivity index (χ1v) is 5.14. The van der Waals surface area contributed by atoms with Crippen molar-refractivity contribution in [2.75, 3.05) is 0 Å². The normalized spacial score (nSPS) is 16.4. The van der Waals surface area contributed by atoms with Gasteiger partial charge in [-0.3, -0.25) is 4.98 Å². The van der Waals surface area contributed by atoms with Crippen LogP contribution in [0.25, 0.3) is 0 Å². The first kappa shape index (κ1) is 9.41. The number of hydrogen-bond acceptors (Lipinski definition) is 2. The van der Waals surface area contributed by atoms with E-state index in [9.17, 15) is 0 Å². The van der Waals surface area contributed by atoms with Crippen LogP contribution in [-0.4, -0.2) is 11.0 Å². The smallest absolute Gasteiger partial charge is 0.0372 e. The zero-order chi connectivity index (χ0) is 9.80. The van der Waals surface area contributed by atoms with Crippen molar-refractivity contribution in [1.82, 2.24) is 10.3 Å². The van der Waals surface area contributed by atoms with Crippen LogP contribution in [0, 0.1) is 6.92 Å². The van der Waals surface area contributed by atoms with Gasteiger partial charge >= 0.3 is 0 Å². The quantitative estimate of drug-likeness (QED) is 0.735. The molecule has 0 radical (unpaired) electrons. The average Bonchev–Trinajstić information content (AvgIpc) is 2.70. The Morgan fingerprint density at radius 2 is 2.14 bits per heavy atom. The standard InChI is InChI=1S/C12H16N2/c1-10-6-7-11(8-13-10)9-14-12-4-2-3-5-12/h2-3,6-8,12,14H,4-5,9H2,1H3. The van der Waals surface area contributed by atoms with Crippen LogP contribution >= 0.6 is 0 Å². The second-order valence-corrected chi connectivity index (χ2v) is 3.83. The van der Waals surface area contributed by atoms with Gasteiger partial charge in [-0.2, -0.15) is 0 Å². The number of aryl methyl sites for hydroxylation is 1. The summed E-state index contributed by atoms with van der Waals surface area (Å²) in [7, 11) is 0. The van der Waals surface area contributed by atoms with Gasteiger partial charge in [-0.25, -0.2) is 0 Å². The van der Waals surface area contributed by atoms with E-state index in [2.05, 4.69) is 34.6 Å². The second-order valence-electron chi connectivity index (χ2n) is 3.83. The first-order chi connectivity index (χ1) is 6.84. The molecule has 14 heavy (non-hydrogen) atoms. The fraction of sp³-hybridized carbons (Fsp3) is 0.417. The summed E-state index contributed by atoms with van der Waals surface area (Å²) in [6.07, 6.45) is 8.76. The molecule has 0 atom stereocenters. The third kappa shape index (κ3) is 2.42. The Balaban J connectivity index is 1.82. The lowest BCUT2D eigenvalue weighted by atomic mass is 10.2. The molecule has 2 heteroatoms. The molecule has 0 amide bonds. The zero-order valence-corrected chi connectivity index (χ0v) is 8.53. The van der Waals surface area contributed by atoms with E-state index < -0.39 is 0 Å². The summed E-state index contributed by atoms with van der Waals surface area (Å²) in [5, 5.41) is 3.51. The van der Waals surface area contributed by atoms with Gasteiger partial charge in [-0.1, -0.05) is 18.2 Å². The van der Waals surface area contributed by atoms with Crippen molar-refractivity contribution >= 4 is 0 Å². The Hall–Kier alpha value is -1.15. The zero-order valence-electron chi connectivity index (χ0n) is 8.53. The van der Waals surface area contributed by atoms with Crippen LogP contribution in [0.5, 0.6) is 0 Å². The maximum Gasteiger partial charge on any atom is 0.0372 e. The molecular weight excluding hydrogens is 172 g/mol. The maximum absolute atomic E-state index is 4.27. The van der Waals surface area contributed by atoms with Crippen LogP contribution in [0.3, 0.4) is 0 Å². The van der Waals surface area contributed by atoms with E-state index in [-0.39, 0.29) is 0 Å². The molecule has 0 fully saturated rings. The van der Waals surface area contributed by atoms with Gasteiger partial charge in [-0.15, -0.1) is 0 Å². The summed E-state index contributed by atoms with van der Waals surface area (Å²) >= 11 is 0. The van der Waals surface area contributed by atoms with Crippen LogP contribution in [0.1, 0.15) is 24.1 Å². The summed E-state index contributed by atoms with van der Waals surface area (Å²) < 4.78 is 0. The van der Waals surface area contributed by atoms with Crippen molar-refractivity contribution in [3.8, 4) is 0 Å². The lowest BCUT2D eigenvalue weighted by Gasteiger charge is -2.11. The van der Waals surface area contributed by atoms with Gasteiger partial charge in [0.2, 0.25) is 0 Å². The Morgan fingerprint density at radius 1 is 1.36 bits per heavy atom. The highest BCUT2D eigenvalue weighted by Gasteiger charge is 2.08. The lowest BCUT2D eigenvalue weighted by Crippen LogP contribution is -2.25. The summed E-state index contributed by atoms with van der Waals surface area (Å²) in [5.74, 6) is 0. The van der Waals surface area contributed by atoms with Crippen molar-refractivity contribution < 1.29 is 0 Å². The van der Waals surface area contributed by atoms with E-state index in [1.807, 2.05) is 13.1 Å². The molecule has 1 aliphatic rings. The highest BCUT2D eigenvalue weighted by molar-refractivity contribution is 5.13. The molecule has 0 unspecified atom stereocenters. The number of rotatable bonds is 3. The number of nitrogens with one attached hydrogen (secondary N) is 1. The minimum absolute atomic E-state index is 0.635. The number of nitrogens with zero attached hydrogens (tertiary/aromatic N) is 1. The minimum Gasteiger partial charge on any atom is -0.309 e. The average molecular weight is 188 g/mol. The Morgan fingerprint density at radius 3 is 2.79 bits per heavy atom. The fourth-order valence-electron chi connectivity index (χ4n) is 1.65. The first-order valence-electron chi connectivity index (χ1n) is 5.14. The van der Waals surface area contributed by atoms with Gasteiger partial charge < -0.3 is 5.32 Å². The van der Waals surface area contributed by atoms with Gasteiger partial charge in [0.25, 0.3) is 0 Å². The Bertz CT molecular complexity index is 306. The molecule has 0 saturated carbocycles. The van der Waals surface area contributed by atoms with Crippen molar-refractivity contribution in [2.24, 2.45) is 0 Å². The van der Waals surface area contributed by atoms with Crippen LogP contribution in [0.2, 0.25) is 0 Å². The van der Waals surface area contributed by atoms with Crippen molar-refractivity contribution in [1.29, 1.82) is 0 Å². The summed E-state index contributed by atoms with van der Waals surface area (Å²) in [5.41, 5.74) is 2.35. The van der Waals surface area contributed by atoms with E-state index in [1.54, 1.807) is 0 Å². The monoisotopic (exact) mass is 188 g/mol. The molecule has 0 bridgehead atoms. The highest BCUT2D eigenvalue weighted by atomic mass is 14.9. The number of pyridine rings is 1. The van der Waals surface area contributed by atoms with Crippen LogP contribution < -0.4 is 5.32 Å². The van der Waals surface area contributed by atoms with Crippen molar-refractivity contribution in [2.45, 2.75) is 32.4 Å². The molecular formula is C12H16N2. The molecule has 1 N–H and O–H groups in total. The third-order valence-electron chi connectivity index (χ3n) is 2.58. The molecule has 1 aromatic heterocycles. The van der Waals surface area contributed by atoms with Crippen LogP contribution in [0.15, 0.2) is 30.5 Å². The molecule has 1 aliphatic carbocycles. The molecule has 74 valence electrons.